The molecule has 124 valence electrons. The molecule has 2 aromatic carbocycles. The van der Waals surface area contributed by atoms with E-state index in [2.05, 4.69) is 49.7 Å². The Hall–Kier alpha value is -1.29. The lowest BCUT2D eigenvalue weighted by Gasteiger charge is -2.19. The van der Waals surface area contributed by atoms with Gasteiger partial charge in [0.1, 0.15) is 0 Å². The van der Waals surface area contributed by atoms with Gasteiger partial charge in [-0.3, -0.25) is 0 Å². The number of aromatic nitrogens is 2. The van der Waals surface area contributed by atoms with Gasteiger partial charge in [-0.25, -0.2) is 4.98 Å². The van der Waals surface area contributed by atoms with Crippen molar-refractivity contribution in [1.29, 1.82) is 0 Å². The van der Waals surface area contributed by atoms with Gasteiger partial charge in [-0.1, -0.05) is 57.3 Å². The monoisotopic (exact) mass is 422 g/mol. The molecular formula is C19H17BrCl2N2. The van der Waals surface area contributed by atoms with Crippen LogP contribution in [0.4, 0.5) is 0 Å². The zero-order chi connectivity index (χ0) is 16.9. The van der Waals surface area contributed by atoms with Crippen molar-refractivity contribution in [2.24, 2.45) is 0 Å². The number of aryl methyl sites for hydroxylation is 1. The Bertz CT molecular complexity index is 786. The van der Waals surface area contributed by atoms with Crippen LogP contribution in [0.1, 0.15) is 23.5 Å². The first-order valence-electron chi connectivity index (χ1n) is 7.77. The van der Waals surface area contributed by atoms with Crippen molar-refractivity contribution in [3.05, 3.63) is 86.8 Å². The minimum Gasteiger partial charge on any atom is -0.337 e. The molecule has 0 aliphatic carbocycles. The molecule has 0 aliphatic heterocycles. The van der Waals surface area contributed by atoms with E-state index in [9.17, 15) is 0 Å². The number of rotatable bonds is 6. The summed E-state index contributed by atoms with van der Waals surface area (Å²) < 4.78 is 3.19. The second-order valence-electron chi connectivity index (χ2n) is 5.79. The van der Waals surface area contributed by atoms with Crippen molar-refractivity contribution in [3.63, 3.8) is 0 Å². The van der Waals surface area contributed by atoms with Crippen molar-refractivity contribution in [1.82, 2.24) is 9.55 Å². The zero-order valence-corrected chi connectivity index (χ0v) is 16.1. The molecule has 1 atom stereocenters. The number of benzene rings is 2. The summed E-state index contributed by atoms with van der Waals surface area (Å²) in [5.41, 5.74) is 2.45. The number of hydrogen-bond acceptors (Lipinski definition) is 1. The second kappa shape index (κ2) is 8.19. The lowest BCUT2D eigenvalue weighted by Crippen LogP contribution is -2.10. The van der Waals surface area contributed by atoms with Gasteiger partial charge in [0, 0.05) is 39.4 Å². The Labute approximate surface area is 160 Å². The van der Waals surface area contributed by atoms with Crippen LogP contribution < -0.4 is 0 Å². The van der Waals surface area contributed by atoms with Crippen LogP contribution in [0.3, 0.4) is 0 Å². The van der Waals surface area contributed by atoms with Gasteiger partial charge in [0.15, 0.2) is 0 Å². The standard InChI is InChI=1S/C19H17BrCl2N2/c20-16-5-2-14(3-6-16)1-4-15(12-24-10-9-23-13-24)18-8-7-17(21)11-19(18)22/h2-3,5-11,13,15H,1,4,12H2/t15-/m1/s1. The molecule has 0 bridgehead atoms. The summed E-state index contributed by atoms with van der Waals surface area (Å²) in [4.78, 5) is 4.14. The number of halogens is 3. The molecule has 0 saturated carbocycles. The summed E-state index contributed by atoms with van der Waals surface area (Å²) in [6.07, 6.45) is 7.62. The largest absolute Gasteiger partial charge is 0.337 e. The van der Waals surface area contributed by atoms with E-state index in [1.807, 2.05) is 30.7 Å². The molecule has 0 radical (unpaired) electrons. The van der Waals surface area contributed by atoms with Crippen molar-refractivity contribution >= 4 is 39.1 Å². The minimum atomic E-state index is 0.299. The van der Waals surface area contributed by atoms with E-state index in [0.29, 0.717) is 10.9 Å². The molecule has 0 unspecified atom stereocenters. The number of hydrogen-bond donors (Lipinski definition) is 0. The topological polar surface area (TPSA) is 17.8 Å². The van der Waals surface area contributed by atoms with E-state index >= 15 is 0 Å². The highest BCUT2D eigenvalue weighted by Crippen LogP contribution is 2.32. The third-order valence-corrected chi connectivity index (χ3v) is 5.18. The predicted molar refractivity (Wildman–Crippen MR) is 104 cm³/mol. The molecule has 0 N–H and O–H groups in total. The van der Waals surface area contributed by atoms with Crippen molar-refractivity contribution in [2.45, 2.75) is 25.3 Å². The minimum absolute atomic E-state index is 0.299. The van der Waals surface area contributed by atoms with Gasteiger partial charge in [-0.2, -0.15) is 0 Å². The Morgan fingerprint density at radius 1 is 1.08 bits per heavy atom. The van der Waals surface area contributed by atoms with Crippen LogP contribution in [-0.2, 0) is 13.0 Å². The number of nitrogens with zero attached hydrogens (tertiary/aromatic N) is 2. The van der Waals surface area contributed by atoms with Gasteiger partial charge < -0.3 is 4.57 Å². The average Bonchev–Trinajstić information content (AvgIpc) is 3.06. The molecule has 0 saturated heterocycles. The number of imidazole rings is 1. The molecule has 5 heteroatoms. The molecule has 0 amide bonds. The van der Waals surface area contributed by atoms with Crippen molar-refractivity contribution < 1.29 is 0 Å². The van der Waals surface area contributed by atoms with Gasteiger partial charge in [0.25, 0.3) is 0 Å². The summed E-state index contributed by atoms with van der Waals surface area (Å²) in [7, 11) is 0. The van der Waals surface area contributed by atoms with Gasteiger partial charge in [-0.05, 0) is 48.2 Å². The van der Waals surface area contributed by atoms with E-state index in [4.69, 9.17) is 23.2 Å². The Balaban J connectivity index is 1.80. The van der Waals surface area contributed by atoms with Gasteiger partial charge in [0.2, 0.25) is 0 Å². The smallest absolute Gasteiger partial charge is 0.0946 e. The Morgan fingerprint density at radius 3 is 2.54 bits per heavy atom. The van der Waals surface area contributed by atoms with E-state index in [0.717, 1.165) is 34.4 Å². The molecular weight excluding hydrogens is 407 g/mol. The van der Waals surface area contributed by atoms with Crippen LogP contribution in [-0.4, -0.2) is 9.55 Å². The lowest BCUT2D eigenvalue weighted by atomic mass is 9.92. The quantitative estimate of drug-likeness (QED) is 0.450. The third kappa shape index (κ3) is 4.62. The summed E-state index contributed by atoms with van der Waals surface area (Å²) in [6, 6.07) is 14.2. The Morgan fingerprint density at radius 2 is 1.88 bits per heavy atom. The fourth-order valence-corrected chi connectivity index (χ4v) is 3.65. The molecule has 0 spiro atoms. The molecule has 3 rings (SSSR count). The van der Waals surface area contributed by atoms with Crippen LogP contribution in [0.5, 0.6) is 0 Å². The van der Waals surface area contributed by atoms with Crippen LogP contribution in [0.2, 0.25) is 10.0 Å². The highest BCUT2D eigenvalue weighted by Gasteiger charge is 2.16. The lowest BCUT2D eigenvalue weighted by molar-refractivity contribution is 0.525. The van der Waals surface area contributed by atoms with Gasteiger partial charge >= 0.3 is 0 Å². The molecule has 1 heterocycles. The summed E-state index contributed by atoms with van der Waals surface area (Å²) >= 11 is 16.0. The van der Waals surface area contributed by atoms with E-state index < -0.39 is 0 Å². The zero-order valence-electron chi connectivity index (χ0n) is 13.0. The third-order valence-electron chi connectivity index (χ3n) is 4.09. The second-order valence-corrected chi connectivity index (χ2v) is 7.55. The highest BCUT2D eigenvalue weighted by molar-refractivity contribution is 9.10. The predicted octanol–water partition coefficient (Wildman–Crippen LogP) is 6.37. The van der Waals surface area contributed by atoms with E-state index in [1.54, 1.807) is 6.20 Å². The maximum atomic E-state index is 6.45. The van der Waals surface area contributed by atoms with Crippen LogP contribution in [0, 0.1) is 0 Å². The molecule has 1 aromatic heterocycles. The first-order valence-corrected chi connectivity index (χ1v) is 9.32. The van der Waals surface area contributed by atoms with Crippen LogP contribution in [0.15, 0.2) is 65.7 Å². The first-order chi connectivity index (χ1) is 11.6. The fourth-order valence-electron chi connectivity index (χ4n) is 2.82. The summed E-state index contributed by atoms with van der Waals surface area (Å²) in [5, 5.41) is 1.39. The molecule has 0 fully saturated rings. The maximum Gasteiger partial charge on any atom is 0.0946 e. The van der Waals surface area contributed by atoms with Crippen molar-refractivity contribution in [3.8, 4) is 0 Å². The van der Waals surface area contributed by atoms with E-state index in [1.165, 1.54) is 5.56 Å². The fraction of sp³-hybridized carbons (Fsp3) is 0.211. The highest BCUT2D eigenvalue weighted by atomic mass is 79.9. The molecule has 2 nitrogen and oxygen atoms in total. The SMILES string of the molecule is Clc1ccc([C@H](CCc2ccc(Br)cc2)Cn2ccnc2)c(Cl)c1. The van der Waals surface area contributed by atoms with Gasteiger partial charge in [-0.15, -0.1) is 0 Å². The van der Waals surface area contributed by atoms with Gasteiger partial charge in [0.05, 0.1) is 6.33 Å². The molecule has 24 heavy (non-hydrogen) atoms. The van der Waals surface area contributed by atoms with Crippen LogP contribution in [0.25, 0.3) is 0 Å². The van der Waals surface area contributed by atoms with Crippen molar-refractivity contribution in [2.75, 3.05) is 0 Å². The normalized spacial score (nSPS) is 12.3. The summed E-state index contributed by atoms with van der Waals surface area (Å²) in [5.74, 6) is 0.299. The average molecular weight is 424 g/mol. The Kier molecular flexibility index (Phi) is 5.99. The summed E-state index contributed by atoms with van der Waals surface area (Å²) in [6.45, 7) is 0.845. The molecule has 3 aromatic rings. The maximum absolute atomic E-state index is 6.45. The van der Waals surface area contributed by atoms with E-state index in [-0.39, 0.29) is 0 Å². The first kappa shape index (κ1) is 17.5. The van der Waals surface area contributed by atoms with Crippen LogP contribution >= 0.6 is 39.1 Å². The molecule has 0 aliphatic rings.